The second kappa shape index (κ2) is 6.66. The Kier molecular flexibility index (Phi) is 4.41. The van der Waals surface area contributed by atoms with Crippen molar-refractivity contribution in [1.29, 1.82) is 0 Å². The summed E-state index contributed by atoms with van der Waals surface area (Å²) < 4.78 is 6.57. The largest absolute Gasteiger partial charge is 0.359 e. The van der Waals surface area contributed by atoms with Crippen molar-refractivity contribution in [2.75, 3.05) is 7.05 Å². The van der Waals surface area contributed by atoms with E-state index in [1.807, 2.05) is 24.3 Å². The van der Waals surface area contributed by atoms with Crippen molar-refractivity contribution in [2.45, 2.75) is 26.3 Å². The Morgan fingerprint density at radius 2 is 2.04 bits per heavy atom. The van der Waals surface area contributed by atoms with Gasteiger partial charge in [0.15, 0.2) is 0 Å². The van der Waals surface area contributed by atoms with Crippen LogP contribution in [0, 0.1) is 0 Å². The molecule has 0 saturated carbocycles. The molecule has 2 aromatic heterocycles. The molecule has 0 fully saturated rings. The number of fused-ring (bicyclic) bond motifs is 1. The maximum absolute atomic E-state index is 12.4. The first-order valence-corrected chi connectivity index (χ1v) is 7.78. The summed E-state index contributed by atoms with van der Waals surface area (Å²) in [5, 5.41) is 6.52. The van der Waals surface area contributed by atoms with Gasteiger partial charge in [0.25, 0.3) is 11.1 Å². The first-order valence-electron chi connectivity index (χ1n) is 7.78. The van der Waals surface area contributed by atoms with Crippen LogP contribution in [-0.4, -0.2) is 27.7 Å². The van der Waals surface area contributed by atoms with Gasteiger partial charge in [0.05, 0.1) is 6.33 Å². The van der Waals surface area contributed by atoms with Gasteiger partial charge in [-0.25, -0.2) is 4.98 Å². The van der Waals surface area contributed by atoms with Crippen molar-refractivity contribution in [2.24, 2.45) is 0 Å². The standard InChI is InChI=1S/C17H18N4O3/c1-3-11-4-6-12(7-5-11)14-15-16(24-20-14)17(23)21(10-19-15)9-8-13(22)18-2/h4-7,10H,3,8-9H2,1-2H3,(H,18,22). The Bertz CT molecular complexity index is 925. The number of hydrogen-bond donors (Lipinski definition) is 1. The van der Waals surface area contributed by atoms with Gasteiger partial charge >= 0.3 is 0 Å². The number of nitrogens with one attached hydrogen (secondary N) is 1. The van der Waals surface area contributed by atoms with E-state index in [1.54, 1.807) is 7.05 Å². The van der Waals surface area contributed by atoms with E-state index in [0.29, 0.717) is 11.2 Å². The average Bonchev–Trinajstić information content (AvgIpc) is 3.05. The number of aromatic nitrogens is 3. The summed E-state index contributed by atoms with van der Waals surface area (Å²) in [6, 6.07) is 7.91. The molecule has 0 atom stereocenters. The Balaban J connectivity index is 1.96. The fourth-order valence-corrected chi connectivity index (χ4v) is 2.45. The number of aryl methyl sites for hydroxylation is 2. The summed E-state index contributed by atoms with van der Waals surface area (Å²) in [6.45, 7) is 2.33. The van der Waals surface area contributed by atoms with Crippen LogP contribution in [0.5, 0.6) is 0 Å². The highest BCUT2D eigenvalue weighted by molar-refractivity contribution is 5.87. The number of hydrogen-bond acceptors (Lipinski definition) is 5. The molecular formula is C17H18N4O3. The topological polar surface area (TPSA) is 90.0 Å². The molecule has 0 bridgehead atoms. The molecule has 1 aromatic carbocycles. The highest BCUT2D eigenvalue weighted by Gasteiger charge is 2.16. The minimum atomic E-state index is -0.340. The van der Waals surface area contributed by atoms with Crippen LogP contribution in [0.1, 0.15) is 18.9 Å². The fraction of sp³-hybridized carbons (Fsp3) is 0.294. The highest BCUT2D eigenvalue weighted by Crippen LogP contribution is 2.24. The van der Waals surface area contributed by atoms with Crippen molar-refractivity contribution in [1.82, 2.24) is 20.0 Å². The first-order chi connectivity index (χ1) is 11.6. The zero-order valence-electron chi connectivity index (χ0n) is 13.6. The van der Waals surface area contributed by atoms with Gasteiger partial charge in [-0.2, -0.15) is 0 Å². The normalized spacial score (nSPS) is 10.9. The van der Waals surface area contributed by atoms with Gasteiger partial charge in [-0.3, -0.25) is 14.2 Å². The number of amides is 1. The van der Waals surface area contributed by atoms with E-state index in [4.69, 9.17) is 4.52 Å². The van der Waals surface area contributed by atoms with Gasteiger partial charge in [-0.05, 0) is 12.0 Å². The molecule has 124 valence electrons. The predicted octanol–water partition coefficient (Wildman–Crippen LogP) is 1.75. The molecule has 0 spiro atoms. The summed E-state index contributed by atoms with van der Waals surface area (Å²) in [5.41, 5.74) is 2.80. The Morgan fingerprint density at radius 3 is 2.71 bits per heavy atom. The zero-order chi connectivity index (χ0) is 17.1. The molecule has 0 radical (unpaired) electrons. The smallest absolute Gasteiger partial charge is 0.299 e. The van der Waals surface area contributed by atoms with Crippen LogP contribution in [0.2, 0.25) is 0 Å². The zero-order valence-corrected chi connectivity index (χ0v) is 13.6. The van der Waals surface area contributed by atoms with Crippen LogP contribution in [-0.2, 0) is 17.8 Å². The van der Waals surface area contributed by atoms with Crippen LogP contribution in [0.15, 0.2) is 39.9 Å². The maximum Gasteiger partial charge on any atom is 0.299 e. The molecule has 24 heavy (non-hydrogen) atoms. The summed E-state index contributed by atoms with van der Waals surface area (Å²) in [5.74, 6) is -0.142. The van der Waals surface area contributed by atoms with E-state index in [1.165, 1.54) is 16.5 Å². The molecule has 0 aliphatic carbocycles. The van der Waals surface area contributed by atoms with Gasteiger partial charge in [-0.15, -0.1) is 0 Å². The van der Waals surface area contributed by atoms with E-state index in [2.05, 4.69) is 22.4 Å². The Labute approximate surface area is 138 Å². The summed E-state index contributed by atoms with van der Waals surface area (Å²) in [4.78, 5) is 28.1. The lowest BCUT2D eigenvalue weighted by Crippen LogP contribution is -2.25. The van der Waals surface area contributed by atoms with E-state index >= 15 is 0 Å². The third-order valence-corrected chi connectivity index (χ3v) is 3.94. The van der Waals surface area contributed by atoms with E-state index in [9.17, 15) is 9.59 Å². The molecule has 0 unspecified atom stereocenters. The number of nitrogens with zero attached hydrogens (tertiary/aromatic N) is 3. The van der Waals surface area contributed by atoms with Crippen LogP contribution in [0.25, 0.3) is 22.4 Å². The average molecular weight is 326 g/mol. The number of benzene rings is 1. The quantitative estimate of drug-likeness (QED) is 0.771. The highest BCUT2D eigenvalue weighted by atomic mass is 16.5. The van der Waals surface area contributed by atoms with Crippen LogP contribution >= 0.6 is 0 Å². The van der Waals surface area contributed by atoms with E-state index in [-0.39, 0.29) is 30.0 Å². The lowest BCUT2D eigenvalue weighted by atomic mass is 10.1. The van der Waals surface area contributed by atoms with Crippen molar-refractivity contribution < 1.29 is 9.32 Å². The molecule has 7 nitrogen and oxygen atoms in total. The third kappa shape index (κ3) is 2.92. The van der Waals surface area contributed by atoms with Gasteiger partial charge in [0.1, 0.15) is 11.2 Å². The Morgan fingerprint density at radius 1 is 1.29 bits per heavy atom. The first kappa shape index (κ1) is 15.9. The van der Waals surface area contributed by atoms with Gasteiger partial charge in [-0.1, -0.05) is 36.3 Å². The third-order valence-electron chi connectivity index (χ3n) is 3.94. The molecule has 1 N–H and O–H groups in total. The second-order valence-electron chi connectivity index (χ2n) is 5.43. The van der Waals surface area contributed by atoms with Gasteiger partial charge in [0.2, 0.25) is 5.91 Å². The molecule has 3 aromatic rings. The lowest BCUT2D eigenvalue weighted by Gasteiger charge is -2.04. The maximum atomic E-state index is 12.4. The number of rotatable bonds is 5. The fourth-order valence-electron chi connectivity index (χ4n) is 2.45. The van der Waals surface area contributed by atoms with Crippen molar-refractivity contribution in [3.8, 4) is 11.3 Å². The monoisotopic (exact) mass is 326 g/mol. The molecule has 3 rings (SSSR count). The molecular weight excluding hydrogens is 308 g/mol. The lowest BCUT2D eigenvalue weighted by molar-refractivity contribution is -0.120. The molecule has 2 heterocycles. The minimum Gasteiger partial charge on any atom is -0.359 e. The Hall–Kier alpha value is -2.96. The van der Waals surface area contributed by atoms with Crippen molar-refractivity contribution in [3.63, 3.8) is 0 Å². The van der Waals surface area contributed by atoms with Gasteiger partial charge in [0, 0.05) is 25.6 Å². The van der Waals surface area contributed by atoms with Crippen molar-refractivity contribution >= 4 is 17.0 Å². The SMILES string of the molecule is CCc1ccc(-c2noc3c(=O)n(CCC(=O)NC)cnc23)cc1. The molecule has 0 saturated heterocycles. The minimum absolute atomic E-state index is 0.101. The molecule has 0 aliphatic rings. The van der Waals surface area contributed by atoms with Crippen molar-refractivity contribution in [3.05, 3.63) is 46.5 Å². The van der Waals surface area contributed by atoms with E-state index in [0.717, 1.165) is 12.0 Å². The summed E-state index contributed by atoms with van der Waals surface area (Å²) >= 11 is 0. The van der Waals surface area contributed by atoms with Crippen LogP contribution in [0.3, 0.4) is 0 Å². The van der Waals surface area contributed by atoms with Gasteiger partial charge < -0.3 is 9.84 Å². The molecule has 0 aliphatic heterocycles. The molecule has 7 heteroatoms. The number of carbonyl (C=O) groups is 1. The summed E-state index contributed by atoms with van der Waals surface area (Å²) in [6.07, 6.45) is 2.58. The predicted molar refractivity (Wildman–Crippen MR) is 89.6 cm³/mol. The molecule has 1 amide bonds. The van der Waals surface area contributed by atoms with E-state index < -0.39 is 0 Å². The number of carbonyl (C=O) groups excluding carboxylic acids is 1. The second-order valence-corrected chi connectivity index (χ2v) is 5.43. The van der Waals surface area contributed by atoms with Crippen LogP contribution < -0.4 is 10.9 Å². The van der Waals surface area contributed by atoms with Crippen LogP contribution in [0.4, 0.5) is 0 Å². The summed E-state index contributed by atoms with van der Waals surface area (Å²) in [7, 11) is 1.55.